The lowest BCUT2D eigenvalue weighted by Crippen LogP contribution is -2.00. The van der Waals surface area contributed by atoms with E-state index in [-0.39, 0.29) is 0 Å². The summed E-state index contributed by atoms with van der Waals surface area (Å²) in [6, 6.07) is 12.5. The van der Waals surface area contributed by atoms with Crippen LogP contribution in [0.3, 0.4) is 0 Å². The van der Waals surface area contributed by atoms with Crippen molar-refractivity contribution in [2.45, 2.75) is 51.0 Å². The lowest BCUT2D eigenvalue weighted by molar-refractivity contribution is 0.163. The van der Waals surface area contributed by atoms with Crippen molar-refractivity contribution in [3.05, 3.63) is 59.4 Å². The highest BCUT2D eigenvalue weighted by Crippen LogP contribution is 2.18. The molecule has 120 valence electrons. The van der Waals surface area contributed by atoms with Gasteiger partial charge >= 0.3 is 0 Å². The van der Waals surface area contributed by atoms with E-state index in [1.165, 1.54) is 24.0 Å². The third-order valence-electron chi connectivity index (χ3n) is 4.05. The van der Waals surface area contributed by atoms with Crippen molar-refractivity contribution in [1.82, 2.24) is 4.98 Å². The fourth-order valence-electron chi connectivity index (χ4n) is 2.75. The van der Waals surface area contributed by atoms with Gasteiger partial charge in [0.1, 0.15) is 0 Å². The minimum absolute atomic E-state index is 0.304. The van der Waals surface area contributed by atoms with Crippen molar-refractivity contribution in [3.8, 4) is 0 Å². The number of nitrogens with one attached hydrogen (secondary N) is 1. The molecule has 0 fully saturated rings. The van der Waals surface area contributed by atoms with Gasteiger partial charge in [0, 0.05) is 18.5 Å². The Morgan fingerprint density at radius 3 is 2.41 bits per heavy atom. The van der Waals surface area contributed by atoms with E-state index >= 15 is 0 Å². The van der Waals surface area contributed by atoms with Crippen LogP contribution >= 0.6 is 0 Å². The summed E-state index contributed by atoms with van der Waals surface area (Å²) in [5.74, 6) is 0. The number of aromatic nitrogens is 1. The molecule has 2 aromatic rings. The van der Waals surface area contributed by atoms with E-state index in [2.05, 4.69) is 29.2 Å². The summed E-state index contributed by atoms with van der Waals surface area (Å²) in [6.07, 6.45) is 8.52. The number of rotatable bonds is 10. The van der Waals surface area contributed by atoms with Crippen molar-refractivity contribution in [3.63, 3.8) is 0 Å². The molecule has 0 spiro atoms. The fraction of sp³-hybridized carbons (Fsp3) is 0.474. The van der Waals surface area contributed by atoms with Crippen molar-refractivity contribution >= 4 is 0 Å². The van der Waals surface area contributed by atoms with Crippen molar-refractivity contribution in [2.24, 2.45) is 0 Å². The lowest BCUT2D eigenvalue weighted by atomic mass is 10.00. The van der Waals surface area contributed by atoms with Crippen molar-refractivity contribution < 1.29 is 10.2 Å². The number of hydrogen-bond acceptors (Lipinski definition) is 2. The molecule has 0 aliphatic carbocycles. The molecule has 0 radical (unpaired) electrons. The van der Waals surface area contributed by atoms with Gasteiger partial charge in [-0.1, -0.05) is 37.1 Å². The number of benzene rings is 1. The van der Waals surface area contributed by atoms with Gasteiger partial charge in [0.25, 0.3) is 0 Å². The van der Waals surface area contributed by atoms with Crippen LogP contribution in [0, 0.1) is 0 Å². The van der Waals surface area contributed by atoms with Gasteiger partial charge in [0.2, 0.25) is 0 Å². The monoisotopic (exact) mass is 301 g/mol. The zero-order valence-corrected chi connectivity index (χ0v) is 13.2. The van der Waals surface area contributed by atoms with Crippen molar-refractivity contribution in [2.75, 3.05) is 6.61 Å². The Bertz CT molecular complexity index is 522. The van der Waals surface area contributed by atoms with Crippen molar-refractivity contribution in [1.29, 1.82) is 0 Å². The molecule has 1 heterocycles. The van der Waals surface area contributed by atoms with Crippen LogP contribution in [0.25, 0.3) is 0 Å². The van der Waals surface area contributed by atoms with Gasteiger partial charge in [-0.25, -0.2) is 0 Å². The Morgan fingerprint density at radius 1 is 0.909 bits per heavy atom. The first kappa shape index (κ1) is 16.8. The topological polar surface area (TPSA) is 56.2 Å². The quantitative estimate of drug-likeness (QED) is 0.585. The summed E-state index contributed by atoms with van der Waals surface area (Å²) < 4.78 is 0. The number of aryl methyl sites for hydroxylation is 2. The molecule has 0 aliphatic heterocycles. The SMILES string of the molecule is OCCCCCCc1cccc(CCC(O)c2ccc[nH]2)c1. The molecule has 0 amide bonds. The van der Waals surface area contributed by atoms with Gasteiger partial charge in [-0.3, -0.25) is 0 Å². The third kappa shape index (κ3) is 5.66. The average molecular weight is 301 g/mol. The summed E-state index contributed by atoms with van der Waals surface area (Å²) in [6.45, 7) is 0.304. The first-order valence-corrected chi connectivity index (χ1v) is 8.29. The predicted octanol–water partition coefficient (Wildman–Crippen LogP) is 3.78. The summed E-state index contributed by atoms with van der Waals surface area (Å²) in [5.41, 5.74) is 3.55. The van der Waals surface area contributed by atoms with E-state index in [4.69, 9.17) is 5.11 Å². The second-order valence-electron chi connectivity index (χ2n) is 5.89. The van der Waals surface area contributed by atoms with Crippen LogP contribution < -0.4 is 0 Å². The summed E-state index contributed by atoms with van der Waals surface area (Å²) in [4.78, 5) is 3.06. The van der Waals surface area contributed by atoms with Gasteiger partial charge in [-0.2, -0.15) is 0 Å². The molecule has 1 atom stereocenters. The average Bonchev–Trinajstić information content (AvgIpc) is 3.07. The molecular formula is C19H27NO2. The summed E-state index contributed by atoms with van der Waals surface area (Å²) in [5, 5.41) is 18.9. The van der Waals surface area contributed by atoms with E-state index in [9.17, 15) is 5.11 Å². The molecule has 22 heavy (non-hydrogen) atoms. The second kappa shape index (κ2) is 9.44. The van der Waals surface area contributed by atoms with Gasteiger partial charge in [0.15, 0.2) is 0 Å². The molecule has 3 N–H and O–H groups in total. The van der Waals surface area contributed by atoms with Gasteiger partial charge < -0.3 is 15.2 Å². The molecule has 3 nitrogen and oxygen atoms in total. The zero-order chi connectivity index (χ0) is 15.6. The first-order chi connectivity index (χ1) is 10.8. The summed E-state index contributed by atoms with van der Waals surface area (Å²) in [7, 11) is 0. The number of hydrogen-bond donors (Lipinski definition) is 3. The Kier molecular flexibility index (Phi) is 7.20. The number of aliphatic hydroxyl groups excluding tert-OH is 2. The number of aliphatic hydroxyl groups is 2. The Hall–Kier alpha value is -1.58. The number of aromatic amines is 1. The molecular weight excluding hydrogens is 274 g/mol. The third-order valence-corrected chi connectivity index (χ3v) is 4.05. The van der Waals surface area contributed by atoms with Gasteiger partial charge in [-0.15, -0.1) is 0 Å². The Balaban J connectivity index is 1.76. The zero-order valence-electron chi connectivity index (χ0n) is 13.2. The van der Waals surface area contributed by atoms with Crippen LogP contribution in [-0.2, 0) is 12.8 Å². The van der Waals surface area contributed by atoms with E-state index in [1.807, 2.05) is 18.3 Å². The van der Waals surface area contributed by atoms with Crippen LogP contribution in [0.1, 0.15) is 55.0 Å². The molecule has 3 heteroatoms. The molecule has 1 unspecified atom stereocenters. The van der Waals surface area contributed by atoms with E-state index in [0.717, 1.165) is 37.8 Å². The maximum absolute atomic E-state index is 10.1. The minimum atomic E-state index is -0.419. The highest BCUT2D eigenvalue weighted by molar-refractivity contribution is 5.24. The van der Waals surface area contributed by atoms with Gasteiger partial charge in [-0.05, 0) is 55.4 Å². The lowest BCUT2D eigenvalue weighted by Gasteiger charge is -2.10. The predicted molar refractivity (Wildman–Crippen MR) is 89.8 cm³/mol. The fourth-order valence-corrected chi connectivity index (χ4v) is 2.75. The van der Waals surface area contributed by atoms with Crippen LogP contribution in [0.5, 0.6) is 0 Å². The van der Waals surface area contributed by atoms with Crippen LogP contribution in [-0.4, -0.2) is 21.8 Å². The Labute approximate surface area is 133 Å². The van der Waals surface area contributed by atoms with Gasteiger partial charge in [0.05, 0.1) is 6.10 Å². The van der Waals surface area contributed by atoms with E-state index in [0.29, 0.717) is 6.61 Å². The maximum atomic E-state index is 10.1. The molecule has 1 aromatic heterocycles. The maximum Gasteiger partial charge on any atom is 0.0940 e. The minimum Gasteiger partial charge on any atom is -0.396 e. The van der Waals surface area contributed by atoms with E-state index < -0.39 is 6.10 Å². The normalized spacial score (nSPS) is 12.5. The molecule has 0 aliphatic rings. The second-order valence-corrected chi connectivity index (χ2v) is 5.89. The van der Waals surface area contributed by atoms with Crippen LogP contribution in [0.4, 0.5) is 0 Å². The van der Waals surface area contributed by atoms with Crippen LogP contribution in [0.15, 0.2) is 42.6 Å². The molecule has 0 bridgehead atoms. The summed E-state index contributed by atoms with van der Waals surface area (Å²) >= 11 is 0. The number of H-pyrrole nitrogens is 1. The van der Waals surface area contributed by atoms with Crippen LogP contribution in [0.2, 0.25) is 0 Å². The standard InChI is InChI=1S/C19H27NO2/c21-14-4-2-1-3-7-16-8-5-9-17(15-16)11-12-19(22)18-10-6-13-20-18/h5-6,8-10,13,15,19-22H,1-4,7,11-12,14H2. The molecule has 2 rings (SSSR count). The highest BCUT2D eigenvalue weighted by Gasteiger charge is 2.08. The number of unbranched alkanes of at least 4 members (excludes halogenated alkanes) is 3. The largest absolute Gasteiger partial charge is 0.396 e. The molecule has 0 saturated carbocycles. The first-order valence-electron chi connectivity index (χ1n) is 8.29. The Morgan fingerprint density at radius 2 is 1.68 bits per heavy atom. The molecule has 1 aromatic carbocycles. The van der Waals surface area contributed by atoms with E-state index in [1.54, 1.807) is 0 Å². The molecule has 0 saturated heterocycles. The highest BCUT2D eigenvalue weighted by atomic mass is 16.3. The smallest absolute Gasteiger partial charge is 0.0940 e.